The largest absolute Gasteiger partial charge is 0.471 e. The van der Waals surface area contributed by atoms with Crippen molar-refractivity contribution < 1.29 is 4.74 Å². The molecule has 6 heteroatoms. The fourth-order valence-electron chi connectivity index (χ4n) is 1.86. The Morgan fingerprint density at radius 2 is 1.95 bits per heavy atom. The fraction of sp³-hybridized carbons (Fsp3) is 0.333. The van der Waals surface area contributed by atoms with Gasteiger partial charge < -0.3 is 10.5 Å². The minimum absolute atomic E-state index is 0.250. The van der Waals surface area contributed by atoms with Gasteiger partial charge in [0.25, 0.3) is 5.88 Å². The van der Waals surface area contributed by atoms with Crippen molar-refractivity contribution in [1.82, 2.24) is 9.78 Å². The average molecular weight is 305 g/mol. The Balaban J connectivity index is 2.24. The van der Waals surface area contributed by atoms with Gasteiger partial charge in [0, 0.05) is 5.02 Å². The predicted molar refractivity (Wildman–Crippen MR) is 82.1 cm³/mol. The van der Waals surface area contributed by atoms with Crippen LogP contribution in [0.1, 0.15) is 31.9 Å². The third kappa shape index (κ3) is 3.29. The van der Waals surface area contributed by atoms with Crippen molar-refractivity contribution in [2.75, 3.05) is 5.73 Å². The van der Waals surface area contributed by atoms with E-state index in [1.807, 2.05) is 39.0 Å². The van der Waals surface area contributed by atoms with Crippen molar-refractivity contribution in [3.63, 3.8) is 0 Å². The lowest BCUT2D eigenvalue weighted by Gasteiger charge is -2.20. The third-order valence-electron chi connectivity index (χ3n) is 2.93. The molecule has 110 valence electrons. The van der Waals surface area contributed by atoms with Gasteiger partial charge in [0.2, 0.25) is 0 Å². The molecule has 1 heterocycles. The number of hydrogen-bond acceptors (Lipinski definition) is 4. The molecule has 2 N–H and O–H groups in total. The Kier molecular flexibility index (Phi) is 4.10. The number of benzene rings is 1. The number of rotatable bonds is 3. The van der Waals surface area contributed by atoms with Crippen LogP contribution in [0.2, 0.25) is 5.02 Å². The van der Waals surface area contributed by atoms with Crippen LogP contribution in [-0.4, -0.2) is 9.78 Å². The van der Waals surface area contributed by atoms with Gasteiger partial charge in [0.1, 0.15) is 18.5 Å². The molecule has 1 aromatic carbocycles. The minimum Gasteiger partial charge on any atom is -0.471 e. The molecule has 0 aliphatic rings. The van der Waals surface area contributed by atoms with Gasteiger partial charge in [0.05, 0.1) is 5.54 Å². The topological polar surface area (TPSA) is 76.9 Å². The van der Waals surface area contributed by atoms with Crippen molar-refractivity contribution in [1.29, 1.82) is 5.26 Å². The molecular formula is C15H17ClN4O. The molecule has 0 aliphatic carbocycles. The molecule has 0 fully saturated rings. The van der Waals surface area contributed by atoms with Gasteiger partial charge in [-0.05, 0) is 38.5 Å². The van der Waals surface area contributed by atoms with Crippen molar-refractivity contribution in [3.8, 4) is 11.9 Å². The summed E-state index contributed by atoms with van der Waals surface area (Å²) in [5.74, 6) is 0.566. The minimum atomic E-state index is -0.322. The molecule has 0 saturated heterocycles. The number of nitrogens with zero attached hydrogens (tertiary/aromatic N) is 3. The van der Waals surface area contributed by atoms with Gasteiger partial charge in [-0.15, -0.1) is 5.10 Å². The Morgan fingerprint density at radius 1 is 1.33 bits per heavy atom. The standard InChI is InChI=1S/C15H17ClN4O/c1-15(2,3)20-13(18)12(8-17)14(19-20)21-9-10-4-6-11(16)7-5-10/h4-7H,9,18H2,1-3H3. The molecule has 2 rings (SSSR count). The van der Waals surface area contributed by atoms with E-state index in [4.69, 9.17) is 22.1 Å². The summed E-state index contributed by atoms with van der Waals surface area (Å²) in [4.78, 5) is 0. The summed E-state index contributed by atoms with van der Waals surface area (Å²) in [6.45, 7) is 6.17. The number of nitriles is 1. The second-order valence-electron chi connectivity index (χ2n) is 5.67. The summed E-state index contributed by atoms with van der Waals surface area (Å²) in [6.07, 6.45) is 0. The van der Waals surface area contributed by atoms with Crippen LogP contribution in [0.25, 0.3) is 0 Å². The zero-order valence-electron chi connectivity index (χ0n) is 12.2. The highest BCUT2D eigenvalue weighted by Crippen LogP contribution is 2.28. The van der Waals surface area contributed by atoms with E-state index in [2.05, 4.69) is 5.10 Å². The number of aromatic nitrogens is 2. The van der Waals surface area contributed by atoms with Crippen molar-refractivity contribution in [2.45, 2.75) is 32.9 Å². The van der Waals surface area contributed by atoms with Crippen LogP contribution in [0, 0.1) is 11.3 Å². The van der Waals surface area contributed by atoms with E-state index in [0.29, 0.717) is 17.4 Å². The molecule has 0 amide bonds. The molecule has 0 atom stereocenters. The van der Waals surface area contributed by atoms with Crippen molar-refractivity contribution in [2.24, 2.45) is 0 Å². The normalized spacial score (nSPS) is 11.2. The van der Waals surface area contributed by atoms with Gasteiger partial charge >= 0.3 is 0 Å². The Labute approximate surface area is 128 Å². The van der Waals surface area contributed by atoms with E-state index >= 15 is 0 Å². The second kappa shape index (κ2) is 5.66. The summed E-state index contributed by atoms with van der Waals surface area (Å²) < 4.78 is 7.23. The molecule has 5 nitrogen and oxygen atoms in total. The highest BCUT2D eigenvalue weighted by molar-refractivity contribution is 6.30. The van der Waals surface area contributed by atoms with Crippen LogP contribution in [0.4, 0.5) is 5.82 Å². The highest BCUT2D eigenvalue weighted by atomic mass is 35.5. The molecule has 0 unspecified atom stereocenters. The third-order valence-corrected chi connectivity index (χ3v) is 3.18. The molecule has 0 bridgehead atoms. The van der Waals surface area contributed by atoms with Gasteiger partial charge in [-0.2, -0.15) is 5.26 Å². The van der Waals surface area contributed by atoms with Crippen LogP contribution in [0.15, 0.2) is 24.3 Å². The zero-order chi connectivity index (χ0) is 15.6. The van der Waals surface area contributed by atoms with Crippen LogP contribution in [0.3, 0.4) is 0 Å². The molecule has 0 radical (unpaired) electrons. The summed E-state index contributed by atoms with van der Waals surface area (Å²) in [5.41, 5.74) is 6.85. The lowest BCUT2D eigenvalue weighted by molar-refractivity contribution is 0.276. The van der Waals surface area contributed by atoms with E-state index < -0.39 is 0 Å². The van der Waals surface area contributed by atoms with Crippen LogP contribution in [0.5, 0.6) is 5.88 Å². The van der Waals surface area contributed by atoms with Crippen LogP contribution in [-0.2, 0) is 12.1 Å². The first-order chi connectivity index (χ1) is 9.82. The van der Waals surface area contributed by atoms with Gasteiger partial charge in [-0.25, -0.2) is 4.68 Å². The zero-order valence-corrected chi connectivity index (χ0v) is 13.0. The van der Waals surface area contributed by atoms with Crippen molar-refractivity contribution >= 4 is 17.4 Å². The number of nitrogen functional groups attached to an aromatic ring is 1. The smallest absolute Gasteiger partial charge is 0.253 e. The molecule has 21 heavy (non-hydrogen) atoms. The fourth-order valence-corrected chi connectivity index (χ4v) is 1.99. The second-order valence-corrected chi connectivity index (χ2v) is 6.11. The van der Waals surface area contributed by atoms with Crippen LogP contribution < -0.4 is 10.5 Å². The number of hydrogen-bond donors (Lipinski definition) is 1. The maximum atomic E-state index is 9.23. The number of halogens is 1. The summed E-state index contributed by atoms with van der Waals surface area (Å²) in [6, 6.07) is 9.34. The van der Waals surface area contributed by atoms with Gasteiger partial charge in [0.15, 0.2) is 5.56 Å². The molecular weight excluding hydrogens is 288 g/mol. The summed E-state index contributed by atoms with van der Waals surface area (Å²) in [7, 11) is 0. The van der Waals surface area contributed by atoms with Crippen molar-refractivity contribution in [3.05, 3.63) is 40.4 Å². The van der Waals surface area contributed by atoms with E-state index in [9.17, 15) is 5.26 Å². The molecule has 1 aromatic heterocycles. The molecule has 0 saturated carbocycles. The first kappa shape index (κ1) is 15.2. The molecule has 2 aromatic rings. The number of anilines is 1. The van der Waals surface area contributed by atoms with E-state index in [1.54, 1.807) is 16.8 Å². The Morgan fingerprint density at radius 3 is 2.48 bits per heavy atom. The summed E-state index contributed by atoms with van der Waals surface area (Å²) >= 11 is 5.83. The lowest BCUT2D eigenvalue weighted by Crippen LogP contribution is -2.24. The maximum Gasteiger partial charge on any atom is 0.253 e. The van der Waals surface area contributed by atoms with Crippen LogP contribution >= 0.6 is 11.6 Å². The summed E-state index contributed by atoms with van der Waals surface area (Å²) in [5, 5.41) is 14.2. The first-order valence-corrected chi connectivity index (χ1v) is 6.87. The first-order valence-electron chi connectivity index (χ1n) is 6.49. The van der Waals surface area contributed by atoms with E-state index in [0.717, 1.165) is 5.56 Å². The van der Waals surface area contributed by atoms with Gasteiger partial charge in [-0.1, -0.05) is 23.7 Å². The van der Waals surface area contributed by atoms with E-state index in [-0.39, 0.29) is 17.0 Å². The van der Waals surface area contributed by atoms with Gasteiger partial charge in [-0.3, -0.25) is 0 Å². The SMILES string of the molecule is CC(C)(C)n1nc(OCc2ccc(Cl)cc2)c(C#N)c1N. The molecule has 0 spiro atoms. The van der Waals surface area contributed by atoms with E-state index in [1.165, 1.54) is 0 Å². The maximum absolute atomic E-state index is 9.23. The Bertz CT molecular complexity index is 677. The quantitative estimate of drug-likeness (QED) is 0.943. The lowest BCUT2D eigenvalue weighted by atomic mass is 10.1. The monoisotopic (exact) mass is 304 g/mol. The number of nitrogens with two attached hydrogens (primary N) is 1. The highest BCUT2D eigenvalue weighted by Gasteiger charge is 2.24. The predicted octanol–water partition coefficient (Wildman–Crippen LogP) is 3.32. The number of ether oxygens (including phenoxy) is 1. The molecule has 0 aliphatic heterocycles. The Hall–Kier alpha value is -2.19. The average Bonchev–Trinajstić information content (AvgIpc) is 2.74.